The standard InChI is InChI=1S/C16H14N2O2/c1-18-8-4-6-14(18)9-13(11-17)16(19)12-5-3-7-15(10-12)20-2/h3-10H,1-2H3/b13-9+. The molecule has 0 saturated carbocycles. The molecule has 4 nitrogen and oxygen atoms in total. The van der Waals surface area contributed by atoms with Crippen molar-refractivity contribution in [1.82, 2.24) is 4.57 Å². The number of ketones is 1. The molecule has 0 saturated heterocycles. The van der Waals surface area contributed by atoms with E-state index >= 15 is 0 Å². The van der Waals surface area contributed by atoms with Crippen LogP contribution in [-0.4, -0.2) is 17.5 Å². The molecule has 2 aromatic rings. The van der Waals surface area contributed by atoms with Crippen LogP contribution >= 0.6 is 0 Å². The van der Waals surface area contributed by atoms with Gasteiger partial charge in [0.15, 0.2) is 0 Å². The van der Waals surface area contributed by atoms with Crippen LogP contribution < -0.4 is 4.74 Å². The molecule has 0 aliphatic heterocycles. The minimum atomic E-state index is -0.312. The number of hydrogen-bond donors (Lipinski definition) is 0. The summed E-state index contributed by atoms with van der Waals surface area (Å²) in [5.74, 6) is 0.277. The molecule has 0 N–H and O–H groups in total. The van der Waals surface area contributed by atoms with Gasteiger partial charge in [0.25, 0.3) is 0 Å². The van der Waals surface area contributed by atoms with Gasteiger partial charge in [-0.15, -0.1) is 0 Å². The molecular formula is C16H14N2O2. The molecule has 0 unspecified atom stereocenters. The zero-order valence-electron chi connectivity index (χ0n) is 11.3. The second-order valence-corrected chi connectivity index (χ2v) is 4.27. The Morgan fingerprint density at radius 3 is 2.75 bits per heavy atom. The first-order valence-corrected chi connectivity index (χ1v) is 6.07. The van der Waals surface area contributed by atoms with Crippen LogP contribution in [-0.2, 0) is 7.05 Å². The lowest BCUT2D eigenvalue weighted by Gasteiger charge is -2.03. The van der Waals surface area contributed by atoms with Gasteiger partial charge in [-0.25, -0.2) is 0 Å². The molecule has 100 valence electrons. The van der Waals surface area contributed by atoms with Crippen LogP contribution in [0.5, 0.6) is 5.75 Å². The molecule has 20 heavy (non-hydrogen) atoms. The van der Waals surface area contributed by atoms with E-state index in [1.807, 2.05) is 36.0 Å². The fourth-order valence-corrected chi connectivity index (χ4v) is 1.84. The number of nitriles is 1. The molecule has 0 amide bonds. The molecule has 2 rings (SSSR count). The molecule has 0 aliphatic rings. The van der Waals surface area contributed by atoms with Crippen LogP contribution in [0.15, 0.2) is 48.2 Å². The maximum absolute atomic E-state index is 12.3. The largest absolute Gasteiger partial charge is 0.497 e. The average molecular weight is 266 g/mol. The van der Waals surface area contributed by atoms with Gasteiger partial charge in [0, 0.05) is 24.5 Å². The van der Waals surface area contributed by atoms with Crippen molar-refractivity contribution in [1.29, 1.82) is 5.26 Å². The fourth-order valence-electron chi connectivity index (χ4n) is 1.84. The molecule has 1 heterocycles. The molecular weight excluding hydrogens is 252 g/mol. The summed E-state index contributed by atoms with van der Waals surface area (Å²) < 4.78 is 6.93. The van der Waals surface area contributed by atoms with Crippen molar-refractivity contribution >= 4 is 11.9 Å². The number of methoxy groups -OCH3 is 1. The number of allylic oxidation sites excluding steroid dienone is 1. The van der Waals surface area contributed by atoms with Crippen LogP contribution in [0.3, 0.4) is 0 Å². The first kappa shape index (κ1) is 13.6. The quantitative estimate of drug-likeness (QED) is 0.486. The summed E-state index contributed by atoms with van der Waals surface area (Å²) in [4.78, 5) is 12.3. The maximum Gasteiger partial charge on any atom is 0.203 e. The topological polar surface area (TPSA) is 55.0 Å². The van der Waals surface area contributed by atoms with Gasteiger partial charge >= 0.3 is 0 Å². The number of rotatable bonds is 4. The fraction of sp³-hybridized carbons (Fsp3) is 0.125. The van der Waals surface area contributed by atoms with Crippen molar-refractivity contribution in [3.8, 4) is 11.8 Å². The smallest absolute Gasteiger partial charge is 0.203 e. The summed E-state index contributed by atoms with van der Waals surface area (Å²) in [7, 11) is 3.39. The second kappa shape index (κ2) is 5.89. The Hall–Kier alpha value is -2.80. The van der Waals surface area contributed by atoms with Crippen LogP contribution in [0.25, 0.3) is 6.08 Å². The molecule has 0 atom stereocenters. The van der Waals surface area contributed by atoms with E-state index in [9.17, 15) is 10.1 Å². The Kier molecular flexibility index (Phi) is 4.02. The first-order valence-electron chi connectivity index (χ1n) is 6.07. The highest BCUT2D eigenvalue weighted by molar-refractivity contribution is 6.14. The van der Waals surface area contributed by atoms with Crippen molar-refractivity contribution in [2.75, 3.05) is 7.11 Å². The molecule has 0 radical (unpaired) electrons. The van der Waals surface area contributed by atoms with Crippen molar-refractivity contribution in [3.63, 3.8) is 0 Å². The third-order valence-corrected chi connectivity index (χ3v) is 2.97. The van der Waals surface area contributed by atoms with E-state index in [2.05, 4.69) is 0 Å². The highest BCUT2D eigenvalue weighted by Crippen LogP contribution is 2.17. The Morgan fingerprint density at radius 1 is 1.35 bits per heavy atom. The summed E-state index contributed by atoms with van der Waals surface area (Å²) in [6, 6.07) is 12.4. The van der Waals surface area contributed by atoms with Crippen LogP contribution in [0, 0.1) is 11.3 Å². The number of hydrogen-bond acceptors (Lipinski definition) is 3. The second-order valence-electron chi connectivity index (χ2n) is 4.27. The highest BCUT2D eigenvalue weighted by Gasteiger charge is 2.13. The van der Waals surface area contributed by atoms with Crippen LogP contribution in [0.4, 0.5) is 0 Å². The SMILES string of the molecule is COc1cccc(C(=O)/C(C#N)=C/c2cccn2C)c1. The molecule has 0 fully saturated rings. The normalized spacial score (nSPS) is 10.9. The number of carbonyl (C=O) groups is 1. The maximum atomic E-state index is 12.3. The van der Waals surface area contributed by atoms with Crippen LogP contribution in [0.2, 0.25) is 0 Å². The van der Waals surface area contributed by atoms with E-state index in [-0.39, 0.29) is 11.4 Å². The summed E-state index contributed by atoms with van der Waals surface area (Å²) in [6.45, 7) is 0. The van der Waals surface area contributed by atoms with E-state index in [4.69, 9.17) is 4.74 Å². The minimum Gasteiger partial charge on any atom is -0.497 e. The van der Waals surface area contributed by atoms with Crippen LogP contribution in [0.1, 0.15) is 16.1 Å². The zero-order valence-corrected chi connectivity index (χ0v) is 11.3. The Labute approximate surface area is 117 Å². The van der Waals surface area contributed by atoms with Gasteiger partial charge in [0.05, 0.1) is 7.11 Å². The van der Waals surface area contributed by atoms with Crippen molar-refractivity contribution in [3.05, 3.63) is 59.4 Å². The lowest BCUT2D eigenvalue weighted by molar-refractivity contribution is 0.103. The van der Waals surface area contributed by atoms with Gasteiger partial charge < -0.3 is 9.30 Å². The molecule has 1 aromatic carbocycles. The molecule has 0 aliphatic carbocycles. The monoisotopic (exact) mass is 266 g/mol. The van der Waals surface area contributed by atoms with Gasteiger partial charge in [-0.2, -0.15) is 5.26 Å². The third kappa shape index (κ3) is 2.78. The number of aryl methyl sites for hydroxylation is 1. The Morgan fingerprint density at radius 2 is 2.15 bits per heavy atom. The van der Waals surface area contributed by atoms with Gasteiger partial charge in [0.1, 0.15) is 17.4 Å². The van der Waals surface area contributed by atoms with Gasteiger partial charge in [-0.1, -0.05) is 12.1 Å². The van der Waals surface area contributed by atoms with Gasteiger partial charge in [-0.3, -0.25) is 4.79 Å². The predicted octanol–water partition coefficient (Wildman–Crippen LogP) is 2.82. The summed E-state index contributed by atoms with van der Waals surface area (Å²) in [6.07, 6.45) is 3.44. The molecule has 1 aromatic heterocycles. The number of carbonyl (C=O) groups excluding carboxylic acids is 1. The van der Waals surface area contributed by atoms with Crippen molar-refractivity contribution < 1.29 is 9.53 Å². The zero-order chi connectivity index (χ0) is 14.5. The number of nitrogens with zero attached hydrogens (tertiary/aromatic N) is 2. The Balaban J connectivity index is 2.37. The first-order chi connectivity index (χ1) is 9.65. The summed E-state index contributed by atoms with van der Waals surface area (Å²) in [5.41, 5.74) is 1.34. The van der Waals surface area contributed by atoms with Crippen molar-refractivity contribution in [2.45, 2.75) is 0 Å². The van der Waals surface area contributed by atoms with Crippen molar-refractivity contribution in [2.24, 2.45) is 7.05 Å². The lowest BCUT2D eigenvalue weighted by atomic mass is 10.0. The average Bonchev–Trinajstić information content (AvgIpc) is 2.89. The molecule has 0 bridgehead atoms. The van der Waals surface area contributed by atoms with Gasteiger partial charge in [-0.05, 0) is 30.3 Å². The van der Waals surface area contributed by atoms with E-state index in [1.165, 1.54) is 7.11 Å². The number of benzene rings is 1. The summed E-state index contributed by atoms with van der Waals surface area (Å²) in [5, 5.41) is 9.19. The van der Waals surface area contributed by atoms with Gasteiger partial charge in [0.2, 0.25) is 5.78 Å². The van der Waals surface area contributed by atoms with E-state index in [1.54, 1.807) is 30.3 Å². The number of aromatic nitrogens is 1. The van der Waals surface area contributed by atoms with E-state index in [0.29, 0.717) is 11.3 Å². The predicted molar refractivity (Wildman–Crippen MR) is 76.3 cm³/mol. The number of ether oxygens (including phenoxy) is 1. The Bertz CT molecular complexity index is 705. The van der Waals surface area contributed by atoms with E-state index < -0.39 is 0 Å². The summed E-state index contributed by atoms with van der Waals surface area (Å²) >= 11 is 0. The molecule has 4 heteroatoms. The highest BCUT2D eigenvalue weighted by atomic mass is 16.5. The van der Waals surface area contributed by atoms with E-state index in [0.717, 1.165) is 5.69 Å². The molecule has 0 spiro atoms. The minimum absolute atomic E-state index is 0.0973. The number of Topliss-reactive ketones (excluding diaryl/α,β-unsaturated/α-hetero) is 1. The third-order valence-electron chi connectivity index (χ3n) is 2.97. The lowest BCUT2D eigenvalue weighted by Crippen LogP contribution is -2.03.